The average Bonchev–Trinajstić information content (AvgIpc) is 3.22. The third-order valence-electron chi connectivity index (χ3n) is 5.37. The summed E-state index contributed by atoms with van der Waals surface area (Å²) < 4.78 is 15.1. The van der Waals surface area contributed by atoms with Gasteiger partial charge in [0.1, 0.15) is 19.2 Å². The minimum Gasteiger partial charge on any atom is -0.468 e. The van der Waals surface area contributed by atoms with Crippen molar-refractivity contribution in [1.29, 1.82) is 0 Å². The molecule has 0 bridgehead atoms. The Labute approximate surface area is 179 Å². The number of benzene rings is 1. The standard InChI is InChI=1S/C20H25N3O8/c1-29-15-9-16(23(10-15)20(27)28)19(26)22(11-18(25)30-2)14-5-3-13(4-6-14)21-7-8-31-12-17(21)24/h3-6,15-16H,7-12H2,1-2H3,(H,27,28)/t15-,16-/m1/s1. The van der Waals surface area contributed by atoms with E-state index in [4.69, 9.17) is 14.2 Å². The number of likely N-dealkylation sites (tertiary alicyclic amines) is 1. The number of hydrogen-bond acceptors (Lipinski definition) is 7. The van der Waals surface area contributed by atoms with E-state index in [0.717, 1.165) is 4.90 Å². The van der Waals surface area contributed by atoms with Crippen LogP contribution in [0.25, 0.3) is 0 Å². The minimum atomic E-state index is -1.24. The van der Waals surface area contributed by atoms with Crippen molar-refractivity contribution in [3.05, 3.63) is 24.3 Å². The lowest BCUT2D eigenvalue weighted by Crippen LogP contribution is -2.49. The molecule has 11 nitrogen and oxygen atoms in total. The summed E-state index contributed by atoms with van der Waals surface area (Å²) in [5, 5.41) is 9.49. The van der Waals surface area contributed by atoms with Crippen LogP contribution >= 0.6 is 0 Å². The molecular weight excluding hydrogens is 410 g/mol. The second-order valence-corrected chi connectivity index (χ2v) is 7.16. The zero-order valence-corrected chi connectivity index (χ0v) is 17.4. The number of rotatable bonds is 6. The maximum Gasteiger partial charge on any atom is 0.408 e. The number of carbonyl (C=O) groups excluding carboxylic acids is 3. The zero-order chi connectivity index (χ0) is 22.5. The Hall–Kier alpha value is -3.18. The molecule has 168 valence electrons. The molecule has 1 aromatic carbocycles. The predicted molar refractivity (Wildman–Crippen MR) is 108 cm³/mol. The molecule has 3 amide bonds. The maximum atomic E-state index is 13.3. The van der Waals surface area contributed by atoms with E-state index in [1.807, 2.05) is 0 Å². The van der Waals surface area contributed by atoms with Crippen molar-refractivity contribution in [2.45, 2.75) is 18.6 Å². The van der Waals surface area contributed by atoms with Crippen LogP contribution in [0.3, 0.4) is 0 Å². The molecule has 1 N–H and O–H groups in total. The summed E-state index contributed by atoms with van der Waals surface area (Å²) in [6, 6.07) is 5.54. The van der Waals surface area contributed by atoms with Gasteiger partial charge in [0, 0.05) is 31.5 Å². The first-order chi connectivity index (χ1) is 14.8. The van der Waals surface area contributed by atoms with E-state index in [-0.39, 0.29) is 32.0 Å². The normalized spacial score (nSPS) is 21.2. The zero-order valence-electron chi connectivity index (χ0n) is 17.4. The highest BCUT2D eigenvalue weighted by Crippen LogP contribution is 2.27. The van der Waals surface area contributed by atoms with E-state index in [1.54, 1.807) is 29.2 Å². The van der Waals surface area contributed by atoms with Crippen LogP contribution in [0.5, 0.6) is 0 Å². The van der Waals surface area contributed by atoms with Crippen molar-refractivity contribution in [2.75, 3.05) is 56.9 Å². The SMILES string of the molecule is COC(=O)CN(C(=O)[C@H]1C[C@@H](OC)CN1C(=O)O)c1ccc(N2CCOCC2=O)cc1. The third-order valence-corrected chi connectivity index (χ3v) is 5.37. The molecule has 0 aliphatic carbocycles. The van der Waals surface area contributed by atoms with Crippen molar-refractivity contribution in [1.82, 2.24) is 4.90 Å². The van der Waals surface area contributed by atoms with Gasteiger partial charge in [0.15, 0.2) is 0 Å². The Morgan fingerprint density at radius 1 is 1.23 bits per heavy atom. The lowest BCUT2D eigenvalue weighted by atomic mass is 10.1. The summed E-state index contributed by atoms with van der Waals surface area (Å²) in [5.41, 5.74) is 1.01. The van der Waals surface area contributed by atoms with Gasteiger partial charge in [-0.3, -0.25) is 24.2 Å². The Bertz CT molecular complexity index is 843. The van der Waals surface area contributed by atoms with Crippen LogP contribution in [-0.2, 0) is 28.6 Å². The van der Waals surface area contributed by atoms with Crippen molar-refractivity contribution in [3.8, 4) is 0 Å². The second kappa shape index (κ2) is 9.75. The Morgan fingerprint density at radius 2 is 1.94 bits per heavy atom. The van der Waals surface area contributed by atoms with Crippen molar-refractivity contribution < 1.29 is 38.5 Å². The molecule has 2 saturated heterocycles. The summed E-state index contributed by atoms with van der Waals surface area (Å²) in [6.45, 7) is 0.520. The fourth-order valence-corrected chi connectivity index (χ4v) is 3.69. The van der Waals surface area contributed by atoms with Crippen LogP contribution in [0.1, 0.15) is 6.42 Å². The van der Waals surface area contributed by atoms with Crippen LogP contribution in [0, 0.1) is 0 Å². The molecule has 1 aromatic rings. The van der Waals surface area contributed by atoms with Gasteiger partial charge in [-0.2, -0.15) is 0 Å². The smallest absolute Gasteiger partial charge is 0.408 e. The lowest BCUT2D eigenvalue weighted by Gasteiger charge is -2.29. The largest absolute Gasteiger partial charge is 0.468 e. The van der Waals surface area contributed by atoms with Gasteiger partial charge in [0.25, 0.3) is 11.8 Å². The van der Waals surface area contributed by atoms with Gasteiger partial charge < -0.3 is 24.2 Å². The topological polar surface area (TPSA) is 126 Å². The van der Waals surface area contributed by atoms with E-state index >= 15 is 0 Å². The fourth-order valence-electron chi connectivity index (χ4n) is 3.69. The summed E-state index contributed by atoms with van der Waals surface area (Å²) in [7, 11) is 2.66. The number of methoxy groups -OCH3 is 2. The van der Waals surface area contributed by atoms with Crippen LogP contribution < -0.4 is 9.80 Å². The van der Waals surface area contributed by atoms with E-state index in [0.29, 0.717) is 24.5 Å². The van der Waals surface area contributed by atoms with E-state index in [9.17, 15) is 24.3 Å². The Balaban J connectivity index is 1.86. The molecule has 2 aliphatic heterocycles. The number of anilines is 2. The second-order valence-electron chi connectivity index (χ2n) is 7.16. The molecule has 3 rings (SSSR count). The molecule has 31 heavy (non-hydrogen) atoms. The summed E-state index contributed by atoms with van der Waals surface area (Å²) in [4.78, 5) is 52.7. The van der Waals surface area contributed by atoms with Gasteiger partial charge in [-0.15, -0.1) is 0 Å². The summed E-state index contributed by atoms with van der Waals surface area (Å²) >= 11 is 0. The predicted octanol–water partition coefficient (Wildman–Crippen LogP) is 0.323. The molecule has 2 atom stereocenters. The third kappa shape index (κ3) is 4.94. The van der Waals surface area contributed by atoms with Crippen molar-refractivity contribution in [3.63, 3.8) is 0 Å². The van der Waals surface area contributed by atoms with Crippen LogP contribution in [-0.4, -0.2) is 93.1 Å². The van der Waals surface area contributed by atoms with E-state index < -0.39 is 30.1 Å². The highest BCUT2D eigenvalue weighted by Gasteiger charge is 2.42. The van der Waals surface area contributed by atoms with Gasteiger partial charge >= 0.3 is 12.1 Å². The number of morpholine rings is 1. The van der Waals surface area contributed by atoms with E-state index in [1.165, 1.54) is 19.1 Å². The Morgan fingerprint density at radius 3 is 2.52 bits per heavy atom. The Kier molecular flexibility index (Phi) is 7.08. The quantitative estimate of drug-likeness (QED) is 0.634. The first-order valence-corrected chi connectivity index (χ1v) is 9.74. The maximum absolute atomic E-state index is 13.3. The molecule has 0 aromatic heterocycles. The molecule has 0 saturated carbocycles. The number of amides is 3. The summed E-state index contributed by atoms with van der Waals surface area (Å²) in [5.74, 6) is -1.37. The number of ether oxygens (including phenoxy) is 3. The van der Waals surface area contributed by atoms with E-state index in [2.05, 4.69) is 0 Å². The minimum absolute atomic E-state index is 0.00206. The van der Waals surface area contributed by atoms with Gasteiger partial charge in [-0.05, 0) is 24.3 Å². The highest BCUT2D eigenvalue weighted by molar-refractivity contribution is 6.02. The average molecular weight is 435 g/mol. The van der Waals surface area contributed by atoms with Gasteiger partial charge in [0.05, 0.1) is 26.4 Å². The first kappa shape index (κ1) is 22.5. The number of carbonyl (C=O) groups is 4. The highest BCUT2D eigenvalue weighted by atomic mass is 16.5. The molecule has 0 spiro atoms. The first-order valence-electron chi connectivity index (χ1n) is 9.74. The molecule has 2 aliphatic rings. The van der Waals surface area contributed by atoms with Gasteiger partial charge in [-0.1, -0.05) is 0 Å². The van der Waals surface area contributed by atoms with Crippen molar-refractivity contribution in [2.24, 2.45) is 0 Å². The monoisotopic (exact) mass is 435 g/mol. The fraction of sp³-hybridized carbons (Fsp3) is 0.500. The van der Waals surface area contributed by atoms with Crippen LogP contribution in [0.15, 0.2) is 24.3 Å². The molecule has 0 radical (unpaired) electrons. The van der Waals surface area contributed by atoms with Crippen LogP contribution in [0.4, 0.5) is 16.2 Å². The number of nitrogens with zero attached hydrogens (tertiary/aromatic N) is 3. The van der Waals surface area contributed by atoms with Crippen molar-refractivity contribution >= 4 is 35.3 Å². The number of esters is 1. The summed E-state index contributed by atoms with van der Waals surface area (Å²) in [6.07, 6.45) is -1.48. The van der Waals surface area contributed by atoms with Gasteiger partial charge in [0.2, 0.25) is 0 Å². The number of carboxylic acid groups (broad SMARTS) is 1. The molecule has 2 fully saturated rings. The number of hydrogen-bond donors (Lipinski definition) is 1. The van der Waals surface area contributed by atoms with Gasteiger partial charge in [-0.25, -0.2) is 4.79 Å². The molecule has 0 unspecified atom stereocenters. The van der Waals surface area contributed by atoms with Crippen LogP contribution in [0.2, 0.25) is 0 Å². The molecule has 2 heterocycles. The molecule has 11 heteroatoms. The lowest BCUT2D eigenvalue weighted by molar-refractivity contribution is -0.140. The molecular formula is C20H25N3O8.